The molecule has 7 heteroatoms. The Kier molecular flexibility index (Phi) is 15.7. The Morgan fingerprint density at radius 3 is 1.75 bits per heavy atom. The van der Waals surface area contributed by atoms with E-state index in [4.69, 9.17) is 23.4 Å². The van der Waals surface area contributed by atoms with E-state index in [1.54, 1.807) is 0 Å². The second-order valence-electron chi connectivity index (χ2n) is 6.48. The highest BCUT2D eigenvalue weighted by Crippen LogP contribution is 2.01. The van der Waals surface area contributed by atoms with Crippen LogP contribution in [0.4, 0.5) is 0 Å². The van der Waals surface area contributed by atoms with Gasteiger partial charge in [0, 0.05) is 6.42 Å². The molecule has 0 bridgehead atoms. The van der Waals surface area contributed by atoms with Gasteiger partial charge < -0.3 is 23.4 Å². The predicted molar refractivity (Wildman–Crippen MR) is 96.9 cm³/mol. The number of carbonyl (C=O) groups is 1. The summed E-state index contributed by atoms with van der Waals surface area (Å²) in [6.07, 6.45) is 3.57. The maximum Gasteiger partial charge on any atom is 0.305 e. The summed E-state index contributed by atoms with van der Waals surface area (Å²) in [5.41, 5.74) is 0. The van der Waals surface area contributed by atoms with Crippen molar-refractivity contribution in [3.63, 3.8) is 0 Å². The zero-order valence-corrected chi connectivity index (χ0v) is 16.9. The molecule has 144 valence electrons. The van der Waals surface area contributed by atoms with Crippen molar-refractivity contribution in [3.8, 4) is 0 Å². The summed E-state index contributed by atoms with van der Waals surface area (Å²) in [5.74, 6) is -0.140. The van der Waals surface area contributed by atoms with E-state index in [1.807, 2.05) is 0 Å². The summed E-state index contributed by atoms with van der Waals surface area (Å²) in [7, 11) is -1.43. The molecule has 0 fully saturated rings. The maximum absolute atomic E-state index is 11.3. The molecule has 0 spiro atoms. The number of ether oxygens (including phenoxy) is 4. The number of esters is 1. The number of carbonyl (C=O) groups excluding carboxylic acids is 1. The SMILES string of the molecule is CCCCCC(=O)OCCOCCOCCOCCO[Si](C)(C)C. The zero-order valence-electron chi connectivity index (χ0n) is 15.9. The predicted octanol–water partition coefficient (Wildman–Crippen LogP) is 3.01. The Labute approximate surface area is 148 Å². The van der Waals surface area contributed by atoms with E-state index < -0.39 is 8.32 Å². The van der Waals surface area contributed by atoms with Gasteiger partial charge in [-0.25, -0.2) is 0 Å². The zero-order chi connectivity index (χ0) is 18.1. The molecule has 0 N–H and O–H groups in total. The fourth-order valence-corrected chi connectivity index (χ4v) is 2.45. The second-order valence-corrected chi connectivity index (χ2v) is 11.0. The van der Waals surface area contributed by atoms with Gasteiger partial charge in [0.2, 0.25) is 0 Å². The monoisotopic (exact) mass is 364 g/mol. The van der Waals surface area contributed by atoms with Crippen LogP contribution in [0.15, 0.2) is 0 Å². The molecule has 6 nitrogen and oxygen atoms in total. The molecule has 0 aromatic carbocycles. The van der Waals surface area contributed by atoms with Crippen molar-refractivity contribution in [2.24, 2.45) is 0 Å². The van der Waals surface area contributed by atoms with Gasteiger partial charge in [0.1, 0.15) is 6.61 Å². The molecule has 0 heterocycles. The second kappa shape index (κ2) is 16.0. The minimum atomic E-state index is -1.43. The van der Waals surface area contributed by atoms with Crippen LogP contribution < -0.4 is 0 Å². The first-order chi connectivity index (χ1) is 11.5. The molecule has 0 aliphatic rings. The van der Waals surface area contributed by atoms with E-state index in [9.17, 15) is 4.79 Å². The highest BCUT2D eigenvalue weighted by Gasteiger charge is 2.12. The molecule has 0 aliphatic heterocycles. The molecule has 0 atom stereocenters. The van der Waals surface area contributed by atoms with Gasteiger partial charge in [-0.3, -0.25) is 4.79 Å². The highest BCUT2D eigenvalue weighted by atomic mass is 28.4. The molecule has 0 aromatic rings. The van der Waals surface area contributed by atoms with Gasteiger partial charge in [0.05, 0.1) is 46.2 Å². The van der Waals surface area contributed by atoms with Crippen LogP contribution in [0.25, 0.3) is 0 Å². The summed E-state index contributed by atoms with van der Waals surface area (Å²) in [6, 6.07) is 0. The van der Waals surface area contributed by atoms with Crippen LogP contribution in [0.5, 0.6) is 0 Å². The third-order valence-corrected chi connectivity index (χ3v) is 4.05. The van der Waals surface area contributed by atoms with Crippen molar-refractivity contribution in [1.82, 2.24) is 0 Å². The van der Waals surface area contributed by atoms with Crippen LogP contribution in [-0.4, -0.2) is 67.1 Å². The molecular weight excluding hydrogens is 328 g/mol. The molecule has 0 aromatic heterocycles. The van der Waals surface area contributed by atoms with Gasteiger partial charge >= 0.3 is 5.97 Å². The molecule has 0 amide bonds. The van der Waals surface area contributed by atoms with Gasteiger partial charge in [0.15, 0.2) is 8.32 Å². The van der Waals surface area contributed by atoms with Crippen molar-refractivity contribution < 1.29 is 28.2 Å². The Hall–Kier alpha value is -0.473. The topological polar surface area (TPSA) is 63.2 Å². The van der Waals surface area contributed by atoms with Gasteiger partial charge in [-0.05, 0) is 26.1 Å². The van der Waals surface area contributed by atoms with E-state index in [0.29, 0.717) is 59.3 Å². The van der Waals surface area contributed by atoms with E-state index in [-0.39, 0.29) is 5.97 Å². The molecule has 0 aliphatic carbocycles. The van der Waals surface area contributed by atoms with Crippen molar-refractivity contribution in [1.29, 1.82) is 0 Å². The van der Waals surface area contributed by atoms with Gasteiger partial charge in [-0.1, -0.05) is 19.8 Å². The molecule has 24 heavy (non-hydrogen) atoms. The summed E-state index contributed by atoms with van der Waals surface area (Å²) < 4.78 is 26.9. The van der Waals surface area contributed by atoms with Gasteiger partial charge in [0.25, 0.3) is 0 Å². The normalized spacial score (nSPS) is 11.7. The third kappa shape index (κ3) is 19.6. The largest absolute Gasteiger partial charge is 0.463 e. The van der Waals surface area contributed by atoms with E-state index in [1.165, 1.54) is 0 Å². The molecule has 0 radical (unpaired) electrons. The lowest BCUT2D eigenvalue weighted by atomic mass is 10.2. The Morgan fingerprint density at radius 2 is 1.25 bits per heavy atom. The summed E-state index contributed by atoms with van der Waals surface area (Å²) in [6.45, 7) is 12.7. The first-order valence-corrected chi connectivity index (χ1v) is 12.4. The van der Waals surface area contributed by atoms with Crippen LogP contribution in [0, 0.1) is 0 Å². The van der Waals surface area contributed by atoms with E-state index >= 15 is 0 Å². The lowest BCUT2D eigenvalue weighted by Gasteiger charge is -2.16. The minimum absolute atomic E-state index is 0.140. The first kappa shape index (κ1) is 23.5. The lowest BCUT2D eigenvalue weighted by Crippen LogP contribution is -2.27. The standard InChI is InChI=1S/C17H36O6Si/c1-5-6-7-8-17(18)22-15-13-20-11-9-19-10-12-21-14-16-23-24(2,3)4/h5-16H2,1-4H3. The van der Waals surface area contributed by atoms with Crippen molar-refractivity contribution in [3.05, 3.63) is 0 Å². The molecule has 0 saturated carbocycles. The minimum Gasteiger partial charge on any atom is -0.463 e. The summed E-state index contributed by atoms with van der Waals surface area (Å²) in [5, 5.41) is 0. The Bertz CT molecular complexity index is 293. The molecule has 0 unspecified atom stereocenters. The quantitative estimate of drug-likeness (QED) is 0.225. The third-order valence-electron chi connectivity index (χ3n) is 2.98. The first-order valence-electron chi connectivity index (χ1n) is 8.98. The van der Waals surface area contributed by atoms with Crippen molar-refractivity contribution in [2.45, 2.75) is 52.2 Å². The number of unbranched alkanes of at least 4 members (excludes halogenated alkanes) is 2. The fourth-order valence-electron chi connectivity index (χ4n) is 1.75. The molecular formula is C17H36O6Si. The molecule has 0 saturated heterocycles. The summed E-state index contributed by atoms with van der Waals surface area (Å²) >= 11 is 0. The van der Waals surface area contributed by atoms with Gasteiger partial charge in [-0.2, -0.15) is 0 Å². The van der Waals surface area contributed by atoms with Crippen LogP contribution in [-0.2, 0) is 28.2 Å². The Morgan fingerprint density at radius 1 is 0.750 bits per heavy atom. The fraction of sp³-hybridized carbons (Fsp3) is 0.941. The van der Waals surface area contributed by atoms with Crippen LogP contribution in [0.1, 0.15) is 32.6 Å². The maximum atomic E-state index is 11.3. The van der Waals surface area contributed by atoms with Gasteiger partial charge in [-0.15, -0.1) is 0 Å². The number of hydrogen-bond acceptors (Lipinski definition) is 6. The van der Waals surface area contributed by atoms with Crippen LogP contribution in [0.2, 0.25) is 19.6 Å². The number of rotatable bonds is 17. The Balaban J connectivity index is 3.14. The smallest absolute Gasteiger partial charge is 0.305 e. The number of hydrogen-bond donors (Lipinski definition) is 0. The van der Waals surface area contributed by atoms with E-state index in [0.717, 1.165) is 19.3 Å². The van der Waals surface area contributed by atoms with E-state index in [2.05, 4.69) is 26.6 Å². The summed E-state index contributed by atoms with van der Waals surface area (Å²) in [4.78, 5) is 11.3. The van der Waals surface area contributed by atoms with Crippen LogP contribution in [0.3, 0.4) is 0 Å². The lowest BCUT2D eigenvalue weighted by molar-refractivity contribution is -0.145. The average molecular weight is 365 g/mol. The highest BCUT2D eigenvalue weighted by molar-refractivity contribution is 6.69. The van der Waals surface area contributed by atoms with Crippen molar-refractivity contribution >= 4 is 14.3 Å². The van der Waals surface area contributed by atoms with Crippen molar-refractivity contribution in [2.75, 3.05) is 52.9 Å². The van der Waals surface area contributed by atoms with Crippen LogP contribution >= 0.6 is 0 Å². The molecule has 0 rings (SSSR count). The average Bonchev–Trinajstić information content (AvgIpc) is 2.51.